The van der Waals surface area contributed by atoms with Crippen LogP contribution < -0.4 is 10.1 Å². The van der Waals surface area contributed by atoms with Gasteiger partial charge in [0.2, 0.25) is 0 Å². The summed E-state index contributed by atoms with van der Waals surface area (Å²) >= 11 is 0. The molecule has 5 nitrogen and oxygen atoms in total. The van der Waals surface area contributed by atoms with Gasteiger partial charge in [0.05, 0.1) is 12.1 Å². The van der Waals surface area contributed by atoms with Crippen molar-refractivity contribution >= 4 is 33.5 Å². The largest absolute Gasteiger partial charge is 0.494 e. The van der Waals surface area contributed by atoms with Crippen LogP contribution in [-0.2, 0) is 0 Å². The molecule has 0 aliphatic carbocycles. The third-order valence-electron chi connectivity index (χ3n) is 4.21. The highest BCUT2D eigenvalue weighted by atomic mass is 16.5. The summed E-state index contributed by atoms with van der Waals surface area (Å²) in [6.45, 7) is 4.45. The number of para-hydroxylation sites is 1. The van der Waals surface area contributed by atoms with Gasteiger partial charge in [-0.05, 0) is 56.3 Å². The van der Waals surface area contributed by atoms with Crippen molar-refractivity contribution in [3.8, 4) is 5.75 Å². The molecule has 0 bridgehead atoms. The van der Waals surface area contributed by atoms with Crippen LogP contribution in [0, 0.1) is 6.92 Å². The number of pyridine rings is 1. The summed E-state index contributed by atoms with van der Waals surface area (Å²) in [4.78, 5) is 17.2. The first-order valence-electron chi connectivity index (χ1n) is 8.49. The molecule has 0 aliphatic rings. The molecule has 2 aromatic carbocycles. The monoisotopic (exact) mass is 346 g/mol. The first-order chi connectivity index (χ1) is 12.7. The zero-order valence-electron chi connectivity index (χ0n) is 14.6. The van der Waals surface area contributed by atoms with E-state index in [-0.39, 0.29) is 11.7 Å². The number of carbonyl (C=O) groups excluding carboxylic acids is 1. The maximum Gasteiger partial charge on any atom is 0.291 e. The number of aromatic nitrogens is 1. The molecule has 0 aliphatic heterocycles. The number of anilines is 1. The molecular formula is C21H18N2O3. The van der Waals surface area contributed by atoms with Gasteiger partial charge in [-0.25, -0.2) is 0 Å². The number of fused-ring (bicyclic) bond motifs is 3. The van der Waals surface area contributed by atoms with Gasteiger partial charge in [-0.15, -0.1) is 0 Å². The third kappa shape index (κ3) is 2.88. The highest BCUT2D eigenvalue weighted by Crippen LogP contribution is 2.29. The highest BCUT2D eigenvalue weighted by molar-refractivity contribution is 6.09. The van der Waals surface area contributed by atoms with Gasteiger partial charge in [-0.1, -0.05) is 12.1 Å². The van der Waals surface area contributed by atoms with Crippen LogP contribution in [0.15, 0.2) is 59.0 Å². The van der Waals surface area contributed by atoms with E-state index in [4.69, 9.17) is 9.15 Å². The number of furan rings is 1. The van der Waals surface area contributed by atoms with Crippen molar-refractivity contribution < 1.29 is 13.9 Å². The van der Waals surface area contributed by atoms with Gasteiger partial charge in [-0.3, -0.25) is 9.78 Å². The molecular weight excluding hydrogens is 328 g/mol. The van der Waals surface area contributed by atoms with E-state index in [9.17, 15) is 4.79 Å². The molecule has 1 amide bonds. The Morgan fingerprint density at radius 3 is 2.65 bits per heavy atom. The zero-order valence-corrected chi connectivity index (χ0v) is 14.6. The molecule has 0 saturated carbocycles. The quantitative estimate of drug-likeness (QED) is 0.568. The number of hydrogen-bond donors (Lipinski definition) is 1. The van der Waals surface area contributed by atoms with Crippen LogP contribution in [0.25, 0.3) is 21.9 Å². The Bertz CT molecular complexity index is 1100. The van der Waals surface area contributed by atoms with Crippen molar-refractivity contribution in [3.05, 3.63) is 66.1 Å². The molecule has 0 spiro atoms. The SMILES string of the molecule is CCOc1ccc(NC(=O)c2cc3c(C)nc4ccccc4c3o2)cc1. The standard InChI is InChI=1S/C21H18N2O3/c1-3-25-15-10-8-14(9-11-15)23-21(24)19-12-17-13(2)22-18-7-5-4-6-16(18)20(17)26-19/h4-12H,3H2,1-2H3,(H,23,24). The average Bonchev–Trinajstić information content (AvgIpc) is 3.10. The van der Waals surface area contributed by atoms with Crippen molar-refractivity contribution in [1.82, 2.24) is 4.98 Å². The first kappa shape index (κ1) is 16.1. The van der Waals surface area contributed by atoms with Gasteiger partial charge in [0.25, 0.3) is 5.91 Å². The van der Waals surface area contributed by atoms with Crippen LogP contribution in [0.2, 0.25) is 0 Å². The molecule has 2 heterocycles. The molecule has 4 rings (SSSR count). The third-order valence-corrected chi connectivity index (χ3v) is 4.21. The molecule has 1 N–H and O–H groups in total. The lowest BCUT2D eigenvalue weighted by Crippen LogP contribution is -2.10. The molecule has 4 aromatic rings. The van der Waals surface area contributed by atoms with E-state index in [0.717, 1.165) is 27.7 Å². The number of amides is 1. The summed E-state index contributed by atoms with van der Waals surface area (Å²) in [6, 6.07) is 16.7. The van der Waals surface area contributed by atoms with Crippen LogP contribution in [0.3, 0.4) is 0 Å². The summed E-state index contributed by atoms with van der Waals surface area (Å²) in [5, 5.41) is 4.59. The number of carbonyl (C=O) groups is 1. The van der Waals surface area contributed by atoms with E-state index in [1.165, 1.54) is 0 Å². The van der Waals surface area contributed by atoms with Crippen molar-refractivity contribution in [2.45, 2.75) is 13.8 Å². The molecule has 0 atom stereocenters. The van der Waals surface area contributed by atoms with Crippen molar-refractivity contribution in [3.63, 3.8) is 0 Å². The zero-order chi connectivity index (χ0) is 18.1. The minimum Gasteiger partial charge on any atom is -0.494 e. The van der Waals surface area contributed by atoms with Gasteiger partial charge in [0, 0.05) is 22.2 Å². The van der Waals surface area contributed by atoms with E-state index in [1.807, 2.05) is 50.2 Å². The lowest BCUT2D eigenvalue weighted by molar-refractivity contribution is 0.0999. The van der Waals surface area contributed by atoms with Crippen LogP contribution in [0.5, 0.6) is 5.75 Å². The summed E-state index contributed by atoms with van der Waals surface area (Å²) in [6.07, 6.45) is 0. The Kier molecular flexibility index (Phi) is 4.05. The van der Waals surface area contributed by atoms with Gasteiger partial charge in [-0.2, -0.15) is 0 Å². The molecule has 2 aromatic heterocycles. The van der Waals surface area contributed by atoms with E-state index in [2.05, 4.69) is 10.3 Å². The molecule has 0 fully saturated rings. The lowest BCUT2D eigenvalue weighted by Gasteiger charge is -2.05. The van der Waals surface area contributed by atoms with E-state index in [0.29, 0.717) is 17.9 Å². The molecule has 5 heteroatoms. The van der Waals surface area contributed by atoms with Crippen LogP contribution >= 0.6 is 0 Å². The predicted octanol–water partition coefficient (Wildman–Crippen LogP) is 4.94. The second-order valence-electron chi connectivity index (χ2n) is 5.98. The van der Waals surface area contributed by atoms with Gasteiger partial charge >= 0.3 is 0 Å². The van der Waals surface area contributed by atoms with Gasteiger partial charge in [0.15, 0.2) is 5.76 Å². The van der Waals surface area contributed by atoms with Crippen molar-refractivity contribution in [1.29, 1.82) is 0 Å². The lowest BCUT2D eigenvalue weighted by atomic mass is 10.1. The first-order valence-corrected chi connectivity index (χ1v) is 8.49. The smallest absolute Gasteiger partial charge is 0.291 e. The summed E-state index contributed by atoms with van der Waals surface area (Å²) < 4.78 is 11.3. The van der Waals surface area contributed by atoms with Gasteiger partial charge in [0.1, 0.15) is 11.3 Å². The Morgan fingerprint density at radius 1 is 1.12 bits per heavy atom. The molecule has 0 saturated heterocycles. The maximum absolute atomic E-state index is 12.6. The fraction of sp³-hybridized carbons (Fsp3) is 0.143. The fourth-order valence-corrected chi connectivity index (χ4v) is 2.97. The fourth-order valence-electron chi connectivity index (χ4n) is 2.97. The second-order valence-corrected chi connectivity index (χ2v) is 5.98. The summed E-state index contributed by atoms with van der Waals surface area (Å²) in [5.41, 5.74) is 3.05. The van der Waals surface area contributed by atoms with E-state index < -0.39 is 0 Å². The molecule has 0 radical (unpaired) electrons. The molecule has 130 valence electrons. The Balaban J connectivity index is 1.66. The normalized spacial score (nSPS) is 11.0. The Hall–Kier alpha value is -3.34. The summed E-state index contributed by atoms with van der Waals surface area (Å²) in [7, 11) is 0. The minimum absolute atomic E-state index is 0.259. The molecule has 26 heavy (non-hydrogen) atoms. The number of nitrogens with zero attached hydrogens (tertiary/aromatic N) is 1. The average molecular weight is 346 g/mol. The Morgan fingerprint density at radius 2 is 1.88 bits per heavy atom. The predicted molar refractivity (Wildman–Crippen MR) is 102 cm³/mol. The molecule has 0 unspecified atom stereocenters. The van der Waals surface area contributed by atoms with Crippen molar-refractivity contribution in [2.24, 2.45) is 0 Å². The van der Waals surface area contributed by atoms with Crippen LogP contribution in [-0.4, -0.2) is 17.5 Å². The van der Waals surface area contributed by atoms with Crippen LogP contribution in [0.4, 0.5) is 5.69 Å². The Labute approximate surface area is 150 Å². The van der Waals surface area contributed by atoms with E-state index in [1.54, 1.807) is 18.2 Å². The number of ether oxygens (including phenoxy) is 1. The van der Waals surface area contributed by atoms with E-state index >= 15 is 0 Å². The number of hydrogen-bond acceptors (Lipinski definition) is 4. The van der Waals surface area contributed by atoms with Gasteiger partial charge < -0.3 is 14.5 Å². The number of rotatable bonds is 4. The number of nitrogens with one attached hydrogen (secondary N) is 1. The highest BCUT2D eigenvalue weighted by Gasteiger charge is 2.16. The second kappa shape index (κ2) is 6.52. The number of benzene rings is 2. The van der Waals surface area contributed by atoms with Crippen molar-refractivity contribution in [2.75, 3.05) is 11.9 Å². The van der Waals surface area contributed by atoms with Crippen LogP contribution in [0.1, 0.15) is 23.2 Å². The summed E-state index contributed by atoms with van der Waals surface area (Å²) in [5.74, 6) is 0.728. The topological polar surface area (TPSA) is 64.4 Å². The maximum atomic E-state index is 12.6. The number of aryl methyl sites for hydroxylation is 1. The minimum atomic E-state index is -0.297.